The van der Waals surface area contributed by atoms with E-state index in [9.17, 15) is 8.42 Å². The molecule has 21 heavy (non-hydrogen) atoms. The number of hydrogen-bond donors (Lipinski definition) is 1. The minimum atomic E-state index is -3.37. The highest BCUT2D eigenvalue weighted by atomic mass is 32.2. The second-order valence-corrected chi connectivity index (χ2v) is 7.00. The SMILES string of the molecule is CCCCCCCCNS(=O)(=O)Cc1ccccc1C#N. The van der Waals surface area contributed by atoms with Gasteiger partial charge in [-0.2, -0.15) is 5.26 Å². The molecule has 0 aliphatic heterocycles. The summed E-state index contributed by atoms with van der Waals surface area (Å²) < 4.78 is 26.6. The third-order valence-corrected chi connectivity index (χ3v) is 4.67. The van der Waals surface area contributed by atoms with Crippen LogP contribution in [0.4, 0.5) is 0 Å². The van der Waals surface area contributed by atoms with Gasteiger partial charge in [-0.3, -0.25) is 0 Å². The fourth-order valence-corrected chi connectivity index (χ4v) is 3.36. The van der Waals surface area contributed by atoms with Crippen LogP contribution in [0.5, 0.6) is 0 Å². The van der Waals surface area contributed by atoms with E-state index >= 15 is 0 Å². The van der Waals surface area contributed by atoms with Crippen molar-refractivity contribution in [2.24, 2.45) is 0 Å². The number of benzene rings is 1. The van der Waals surface area contributed by atoms with Crippen LogP contribution in [0.3, 0.4) is 0 Å². The average Bonchev–Trinajstić information content (AvgIpc) is 2.46. The quantitative estimate of drug-likeness (QED) is 0.674. The molecule has 0 aromatic heterocycles. The van der Waals surface area contributed by atoms with Gasteiger partial charge < -0.3 is 0 Å². The Hall–Kier alpha value is -1.38. The van der Waals surface area contributed by atoms with Gasteiger partial charge in [-0.15, -0.1) is 0 Å². The molecule has 0 spiro atoms. The molecule has 0 aliphatic carbocycles. The van der Waals surface area contributed by atoms with Crippen LogP contribution in [0.25, 0.3) is 0 Å². The van der Waals surface area contributed by atoms with Gasteiger partial charge in [0.2, 0.25) is 10.0 Å². The normalized spacial score (nSPS) is 11.2. The third-order valence-electron chi connectivity index (χ3n) is 3.34. The van der Waals surface area contributed by atoms with E-state index in [0.717, 1.165) is 19.3 Å². The van der Waals surface area contributed by atoms with Gasteiger partial charge in [-0.05, 0) is 18.1 Å². The van der Waals surface area contributed by atoms with Gasteiger partial charge in [0.25, 0.3) is 0 Å². The lowest BCUT2D eigenvalue weighted by Gasteiger charge is -2.08. The first kappa shape index (κ1) is 17.7. The minimum Gasteiger partial charge on any atom is -0.215 e. The molecule has 5 heteroatoms. The number of nitriles is 1. The summed E-state index contributed by atoms with van der Waals surface area (Å²) in [4.78, 5) is 0. The number of nitrogens with zero attached hydrogens (tertiary/aromatic N) is 1. The molecule has 0 bridgehead atoms. The summed E-state index contributed by atoms with van der Waals surface area (Å²) in [6.45, 7) is 2.65. The van der Waals surface area contributed by atoms with Gasteiger partial charge in [0, 0.05) is 6.54 Å². The van der Waals surface area contributed by atoms with Crippen LogP contribution in [0.1, 0.15) is 56.6 Å². The first-order chi connectivity index (χ1) is 10.1. The number of nitrogens with one attached hydrogen (secondary N) is 1. The molecule has 0 fully saturated rings. The molecule has 1 rings (SSSR count). The summed E-state index contributed by atoms with van der Waals surface area (Å²) >= 11 is 0. The largest absolute Gasteiger partial charge is 0.215 e. The number of hydrogen-bond acceptors (Lipinski definition) is 3. The Kier molecular flexibility index (Phi) is 8.03. The first-order valence-electron chi connectivity index (χ1n) is 7.54. The Bertz CT molecular complexity index is 562. The highest BCUT2D eigenvalue weighted by Crippen LogP contribution is 2.11. The van der Waals surface area contributed by atoms with E-state index in [-0.39, 0.29) is 5.75 Å². The summed E-state index contributed by atoms with van der Waals surface area (Å²) in [5.41, 5.74) is 0.970. The maximum atomic E-state index is 12.0. The van der Waals surface area contributed by atoms with E-state index in [4.69, 9.17) is 5.26 Å². The molecule has 0 radical (unpaired) electrons. The van der Waals surface area contributed by atoms with Crippen molar-refractivity contribution in [2.75, 3.05) is 6.54 Å². The predicted octanol–water partition coefficient (Wildman–Crippen LogP) is 3.34. The van der Waals surface area contributed by atoms with Gasteiger partial charge in [-0.1, -0.05) is 57.2 Å². The molecule has 1 aromatic rings. The monoisotopic (exact) mass is 308 g/mol. The second kappa shape index (κ2) is 9.54. The van der Waals surface area contributed by atoms with Gasteiger partial charge in [0.05, 0.1) is 17.4 Å². The zero-order chi connectivity index (χ0) is 15.6. The molecule has 116 valence electrons. The smallest absolute Gasteiger partial charge is 0.215 e. The van der Waals surface area contributed by atoms with Crippen LogP contribution in [0.15, 0.2) is 24.3 Å². The van der Waals surface area contributed by atoms with Crippen LogP contribution >= 0.6 is 0 Å². The fraction of sp³-hybridized carbons (Fsp3) is 0.562. The summed E-state index contributed by atoms with van der Waals surface area (Å²) in [5.74, 6) is -0.132. The predicted molar refractivity (Wildman–Crippen MR) is 85.2 cm³/mol. The van der Waals surface area contributed by atoms with Crippen LogP contribution in [-0.4, -0.2) is 15.0 Å². The van der Waals surface area contributed by atoms with Crippen LogP contribution < -0.4 is 4.72 Å². The standard InChI is InChI=1S/C16H24N2O2S/c1-2-3-4-5-6-9-12-18-21(19,20)14-16-11-8-7-10-15(16)13-17/h7-8,10-11,18H,2-6,9,12,14H2,1H3. The number of sulfonamides is 1. The van der Waals surface area contributed by atoms with Crippen molar-refractivity contribution >= 4 is 10.0 Å². The Morgan fingerprint density at radius 3 is 2.48 bits per heavy atom. The molecule has 0 heterocycles. The summed E-state index contributed by atoms with van der Waals surface area (Å²) in [6.07, 6.45) is 6.76. The summed E-state index contributed by atoms with van der Waals surface area (Å²) in [5, 5.41) is 8.97. The van der Waals surface area contributed by atoms with E-state index in [0.29, 0.717) is 17.7 Å². The Balaban J connectivity index is 2.36. The first-order valence-corrected chi connectivity index (χ1v) is 9.19. The molecule has 0 atom stereocenters. The number of rotatable bonds is 10. The van der Waals surface area contributed by atoms with Crippen molar-refractivity contribution < 1.29 is 8.42 Å². The van der Waals surface area contributed by atoms with Crippen LogP contribution in [-0.2, 0) is 15.8 Å². The lowest BCUT2D eigenvalue weighted by atomic mass is 10.1. The highest BCUT2D eigenvalue weighted by Gasteiger charge is 2.13. The molecule has 0 aliphatic rings. The molecule has 0 saturated heterocycles. The van der Waals surface area contributed by atoms with Crippen molar-refractivity contribution in [1.82, 2.24) is 4.72 Å². The topological polar surface area (TPSA) is 70.0 Å². The molecular formula is C16H24N2O2S. The Morgan fingerprint density at radius 1 is 1.10 bits per heavy atom. The van der Waals surface area contributed by atoms with Crippen molar-refractivity contribution in [1.29, 1.82) is 5.26 Å². The molecule has 1 aromatic carbocycles. The molecular weight excluding hydrogens is 284 g/mol. The number of unbranched alkanes of at least 4 members (excludes halogenated alkanes) is 5. The molecule has 0 saturated carbocycles. The lowest BCUT2D eigenvalue weighted by molar-refractivity contribution is 0.567. The molecule has 0 amide bonds. The lowest BCUT2D eigenvalue weighted by Crippen LogP contribution is -2.26. The van der Waals surface area contributed by atoms with E-state index in [2.05, 4.69) is 11.6 Å². The van der Waals surface area contributed by atoms with E-state index in [1.807, 2.05) is 6.07 Å². The third kappa shape index (κ3) is 7.26. The second-order valence-electron chi connectivity index (χ2n) is 5.19. The summed E-state index contributed by atoms with van der Waals surface area (Å²) in [7, 11) is -3.37. The zero-order valence-electron chi connectivity index (χ0n) is 12.6. The highest BCUT2D eigenvalue weighted by molar-refractivity contribution is 7.88. The molecule has 0 unspecified atom stereocenters. The van der Waals surface area contributed by atoms with Gasteiger partial charge in [0.15, 0.2) is 0 Å². The van der Waals surface area contributed by atoms with Gasteiger partial charge >= 0.3 is 0 Å². The van der Waals surface area contributed by atoms with Crippen molar-refractivity contribution in [3.63, 3.8) is 0 Å². The molecule has 4 nitrogen and oxygen atoms in total. The average molecular weight is 308 g/mol. The van der Waals surface area contributed by atoms with Gasteiger partial charge in [0.1, 0.15) is 0 Å². The maximum absolute atomic E-state index is 12.0. The van der Waals surface area contributed by atoms with Crippen molar-refractivity contribution in [3.05, 3.63) is 35.4 Å². The summed E-state index contributed by atoms with van der Waals surface area (Å²) in [6, 6.07) is 8.83. The van der Waals surface area contributed by atoms with Crippen LogP contribution in [0, 0.1) is 11.3 Å². The van der Waals surface area contributed by atoms with E-state index in [1.54, 1.807) is 24.3 Å². The van der Waals surface area contributed by atoms with Crippen molar-refractivity contribution in [3.8, 4) is 6.07 Å². The Morgan fingerprint density at radius 2 is 1.76 bits per heavy atom. The van der Waals surface area contributed by atoms with Crippen molar-refractivity contribution in [2.45, 2.75) is 51.2 Å². The molecule has 1 N–H and O–H groups in total. The zero-order valence-corrected chi connectivity index (χ0v) is 13.5. The van der Waals surface area contributed by atoms with E-state index in [1.165, 1.54) is 19.3 Å². The minimum absolute atomic E-state index is 0.132. The van der Waals surface area contributed by atoms with Crippen LogP contribution in [0.2, 0.25) is 0 Å². The Labute approximate surface area is 128 Å². The van der Waals surface area contributed by atoms with Gasteiger partial charge in [-0.25, -0.2) is 13.1 Å². The van der Waals surface area contributed by atoms with E-state index < -0.39 is 10.0 Å². The fourth-order valence-electron chi connectivity index (χ4n) is 2.14. The maximum Gasteiger partial charge on any atom is 0.215 e.